The third-order valence-corrected chi connectivity index (χ3v) is 8.58. The molecular formula is C27H26N4O8. The molecule has 1 aliphatic heterocycles. The predicted octanol–water partition coefficient (Wildman–Crippen LogP) is 1.81. The van der Waals surface area contributed by atoms with E-state index in [1.165, 1.54) is 0 Å². The zero-order chi connectivity index (χ0) is 28.0. The molecule has 0 radical (unpaired) electrons. The summed E-state index contributed by atoms with van der Waals surface area (Å²) in [7, 11) is 0. The summed E-state index contributed by atoms with van der Waals surface area (Å²) in [6.45, 7) is 2.44. The number of likely N-dealkylation sites (tertiary alicyclic amines) is 1. The second-order valence-corrected chi connectivity index (χ2v) is 10.9. The molecule has 12 heteroatoms. The highest BCUT2D eigenvalue weighted by atomic mass is 16.6. The number of primary amides is 1. The van der Waals surface area contributed by atoms with Crippen molar-refractivity contribution in [3.63, 3.8) is 0 Å². The highest BCUT2D eigenvalue weighted by Gasteiger charge is 2.57. The summed E-state index contributed by atoms with van der Waals surface area (Å²) in [6.07, 6.45) is 0.523. The number of aromatic hydroxyl groups is 1. The maximum absolute atomic E-state index is 13.9. The van der Waals surface area contributed by atoms with Crippen LogP contribution < -0.4 is 11.5 Å². The minimum absolute atomic E-state index is 0.0221. The molecule has 1 amide bonds. The summed E-state index contributed by atoms with van der Waals surface area (Å²) >= 11 is 0. The van der Waals surface area contributed by atoms with Crippen molar-refractivity contribution in [1.29, 1.82) is 0 Å². The number of nitrogens with zero attached hydrogens (tertiary/aromatic N) is 2. The van der Waals surface area contributed by atoms with Gasteiger partial charge in [0, 0.05) is 35.0 Å². The second-order valence-electron chi connectivity index (χ2n) is 10.9. The van der Waals surface area contributed by atoms with Gasteiger partial charge in [-0.3, -0.25) is 29.4 Å². The van der Waals surface area contributed by atoms with E-state index in [1.807, 2.05) is 0 Å². The number of nitrogens with two attached hydrogens (primary N) is 2. The number of benzene rings is 2. The number of aliphatic hydroxyl groups is 2. The summed E-state index contributed by atoms with van der Waals surface area (Å²) < 4.78 is 0. The van der Waals surface area contributed by atoms with Crippen molar-refractivity contribution in [2.75, 3.05) is 13.1 Å². The van der Waals surface area contributed by atoms with Crippen LogP contribution in [0.25, 0.3) is 10.8 Å². The van der Waals surface area contributed by atoms with E-state index in [0.29, 0.717) is 6.54 Å². The number of allylic oxidation sites excluding steroid dienone is 1. The van der Waals surface area contributed by atoms with Crippen LogP contribution in [0.3, 0.4) is 0 Å². The van der Waals surface area contributed by atoms with Crippen LogP contribution in [0.5, 0.6) is 5.75 Å². The fraction of sp³-hybridized carbons (Fsp3) is 0.370. The molecule has 0 aromatic heterocycles. The predicted molar refractivity (Wildman–Crippen MR) is 137 cm³/mol. The Labute approximate surface area is 221 Å². The molecule has 0 bridgehead atoms. The zero-order valence-electron chi connectivity index (χ0n) is 20.8. The van der Waals surface area contributed by atoms with Gasteiger partial charge in [-0.15, -0.1) is 0 Å². The minimum atomic E-state index is -1.56. The summed E-state index contributed by atoms with van der Waals surface area (Å²) in [4.78, 5) is 52.8. The van der Waals surface area contributed by atoms with Crippen LogP contribution in [0.1, 0.15) is 40.7 Å². The van der Waals surface area contributed by atoms with E-state index in [2.05, 4.69) is 4.90 Å². The molecule has 202 valence electrons. The van der Waals surface area contributed by atoms with E-state index < -0.39 is 62.6 Å². The number of phenols is 1. The van der Waals surface area contributed by atoms with Gasteiger partial charge in [0.05, 0.1) is 21.8 Å². The molecule has 7 N–H and O–H groups in total. The first kappa shape index (κ1) is 25.0. The smallest absolute Gasteiger partial charge is 0.281 e. The number of nitro benzene ring substituents is 1. The molecule has 0 saturated carbocycles. The van der Waals surface area contributed by atoms with Crippen LogP contribution in [0.2, 0.25) is 0 Å². The normalized spacial score (nSPS) is 26.7. The Balaban J connectivity index is 1.54. The Hall–Kier alpha value is -4.29. The lowest BCUT2D eigenvalue weighted by Crippen LogP contribution is -2.59. The van der Waals surface area contributed by atoms with Crippen LogP contribution in [0.4, 0.5) is 5.69 Å². The standard InChI is InChI=1S/C27H26N4O8/c28-26(37)19-16(32)9-27(29)8-12-7-15-18(23(34)17(12)24(35)20(27)25(19)36)22(33)14-6-11(10-30-4-1-5-30)2-3-13(14)21(15)31(38)39/h2-3,6,12,20,32-33,35H,1,4-5,7-10,29H2,(H2,28,37)/t12-,20?,27?/m0/s1. The largest absolute Gasteiger partial charge is 0.511 e. The molecule has 2 unspecified atom stereocenters. The molecule has 39 heavy (non-hydrogen) atoms. The molecule has 2 aromatic rings. The molecule has 2 aromatic carbocycles. The molecule has 6 rings (SSSR count). The van der Waals surface area contributed by atoms with E-state index in [9.17, 15) is 39.8 Å². The molecule has 4 aliphatic rings. The number of rotatable bonds is 4. The van der Waals surface area contributed by atoms with E-state index in [0.717, 1.165) is 25.1 Å². The number of ketones is 2. The van der Waals surface area contributed by atoms with Crippen LogP contribution in [-0.4, -0.2) is 61.2 Å². The number of nitro groups is 1. The van der Waals surface area contributed by atoms with Crippen molar-refractivity contribution in [1.82, 2.24) is 4.90 Å². The van der Waals surface area contributed by atoms with Crippen molar-refractivity contribution in [3.8, 4) is 5.75 Å². The quantitative estimate of drug-likeness (QED) is 0.218. The number of amides is 1. The SMILES string of the molecule is NC(=O)C1=C(O)CC2(N)C[C@@H]3Cc4c(c(O)c5cc(CN6CCC6)ccc5c4[N+](=O)[O-])C(=O)C3=C(O)C2C1=O. The van der Waals surface area contributed by atoms with Crippen molar-refractivity contribution in [2.45, 2.75) is 37.8 Å². The third kappa shape index (κ3) is 3.48. The van der Waals surface area contributed by atoms with E-state index >= 15 is 0 Å². The number of carbonyl (C=O) groups is 3. The molecule has 1 heterocycles. The topological polar surface area (TPSA) is 210 Å². The highest BCUT2D eigenvalue weighted by Crippen LogP contribution is 2.53. The second kappa shape index (κ2) is 8.35. The van der Waals surface area contributed by atoms with Gasteiger partial charge < -0.3 is 26.8 Å². The first-order valence-electron chi connectivity index (χ1n) is 12.6. The monoisotopic (exact) mass is 534 g/mol. The number of carbonyl (C=O) groups excluding carboxylic acids is 3. The van der Waals surface area contributed by atoms with E-state index in [4.69, 9.17) is 11.5 Å². The van der Waals surface area contributed by atoms with Crippen LogP contribution >= 0.6 is 0 Å². The van der Waals surface area contributed by atoms with Crippen LogP contribution in [-0.2, 0) is 22.6 Å². The van der Waals surface area contributed by atoms with Gasteiger partial charge in [-0.25, -0.2) is 0 Å². The highest BCUT2D eigenvalue weighted by molar-refractivity contribution is 6.23. The average Bonchev–Trinajstić information content (AvgIpc) is 2.80. The molecule has 0 spiro atoms. The van der Waals surface area contributed by atoms with Gasteiger partial charge in [-0.2, -0.15) is 0 Å². The van der Waals surface area contributed by atoms with Gasteiger partial charge in [0.2, 0.25) is 0 Å². The lowest BCUT2D eigenvalue weighted by atomic mass is 9.59. The third-order valence-electron chi connectivity index (χ3n) is 8.58. The lowest BCUT2D eigenvalue weighted by Gasteiger charge is -2.47. The first-order valence-corrected chi connectivity index (χ1v) is 12.6. The number of hydrogen-bond donors (Lipinski definition) is 5. The summed E-state index contributed by atoms with van der Waals surface area (Å²) in [5, 5.41) is 45.6. The molecule has 3 aliphatic carbocycles. The van der Waals surface area contributed by atoms with Gasteiger partial charge in [0.15, 0.2) is 11.6 Å². The van der Waals surface area contributed by atoms with Crippen molar-refractivity contribution in [3.05, 3.63) is 67.7 Å². The summed E-state index contributed by atoms with van der Waals surface area (Å²) in [5.41, 5.74) is 9.57. The Morgan fingerprint density at radius 1 is 1.18 bits per heavy atom. The number of phenolic OH excluding ortho intramolecular Hbond substituents is 1. The number of Topliss-reactive ketones (excluding diaryl/α,β-unsaturated/α-hetero) is 2. The molecule has 3 atom stereocenters. The van der Waals surface area contributed by atoms with Gasteiger partial charge in [-0.05, 0) is 56.0 Å². The fourth-order valence-corrected chi connectivity index (χ4v) is 6.78. The van der Waals surface area contributed by atoms with Gasteiger partial charge in [0.1, 0.15) is 22.8 Å². The van der Waals surface area contributed by atoms with Crippen LogP contribution in [0.15, 0.2) is 40.9 Å². The molecule has 1 fully saturated rings. The van der Waals surface area contributed by atoms with Gasteiger partial charge in [0.25, 0.3) is 11.6 Å². The Kier molecular flexibility index (Phi) is 5.36. The van der Waals surface area contributed by atoms with Gasteiger partial charge >= 0.3 is 0 Å². The van der Waals surface area contributed by atoms with E-state index in [1.54, 1.807) is 18.2 Å². The Morgan fingerprint density at radius 3 is 2.51 bits per heavy atom. The summed E-state index contributed by atoms with van der Waals surface area (Å²) in [6, 6.07) is 4.97. The zero-order valence-corrected chi connectivity index (χ0v) is 20.8. The maximum Gasteiger partial charge on any atom is 0.281 e. The molecular weight excluding hydrogens is 508 g/mol. The minimum Gasteiger partial charge on any atom is -0.511 e. The number of fused-ring (bicyclic) bond motifs is 4. The molecule has 1 saturated heterocycles. The maximum atomic E-state index is 13.9. The fourth-order valence-electron chi connectivity index (χ4n) is 6.78. The van der Waals surface area contributed by atoms with Crippen LogP contribution in [0, 0.1) is 22.0 Å². The van der Waals surface area contributed by atoms with Crippen molar-refractivity contribution < 1.29 is 34.6 Å². The Bertz CT molecular complexity index is 1600. The number of aliphatic hydroxyl groups excluding tert-OH is 2. The number of hydrogen-bond acceptors (Lipinski definition) is 10. The summed E-state index contributed by atoms with van der Waals surface area (Å²) in [5.74, 6) is -7.09. The van der Waals surface area contributed by atoms with Crippen molar-refractivity contribution >= 4 is 33.9 Å². The van der Waals surface area contributed by atoms with Crippen molar-refractivity contribution in [2.24, 2.45) is 23.3 Å². The van der Waals surface area contributed by atoms with Gasteiger partial charge in [-0.1, -0.05) is 6.07 Å². The molecule has 12 nitrogen and oxygen atoms in total. The lowest BCUT2D eigenvalue weighted by molar-refractivity contribution is -0.383. The van der Waals surface area contributed by atoms with E-state index in [-0.39, 0.29) is 52.4 Å². The first-order chi connectivity index (χ1) is 18.4. The Morgan fingerprint density at radius 2 is 1.90 bits per heavy atom. The average molecular weight is 535 g/mol.